The van der Waals surface area contributed by atoms with Gasteiger partial charge in [-0.3, -0.25) is 0 Å². The standard InChI is InChI=1S/C17H22N4O2/c1-13-3-5-14(6-4-13)12-18-17-19-15(11-16(20-17)22-2)21-7-9-23-10-8-21/h3-6,11H,7-10,12H2,1-2H3,(H,18,19,20). The molecule has 1 N–H and O–H groups in total. The number of aryl methyl sites for hydroxylation is 1. The van der Waals surface area contributed by atoms with Crippen molar-refractivity contribution in [2.45, 2.75) is 13.5 Å². The zero-order valence-corrected chi connectivity index (χ0v) is 13.6. The highest BCUT2D eigenvalue weighted by atomic mass is 16.5. The summed E-state index contributed by atoms with van der Waals surface area (Å²) in [6.07, 6.45) is 0. The Labute approximate surface area is 136 Å². The lowest BCUT2D eigenvalue weighted by Gasteiger charge is -2.28. The van der Waals surface area contributed by atoms with E-state index in [1.165, 1.54) is 11.1 Å². The van der Waals surface area contributed by atoms with Gasteiger partial charge in [0.15, 0.2) is 0 Å². The number of nitrogens with zero attached hydrogens (tertiary/aromatic N) is 3. The Morgan fingerprint density at radius 2 is 1.91 bits per heavy atom. The molecule has 6 heteroatoms. The van der Waals surface area contributed by atoms with Crippen LogP contribution in [0.3, 0.4) is 0 Å². The Bertz CT molecular complexity index is 640. The summed E-state index contributed by atoms with van der Waals surface area (Å²) >= 11 is 0. The van der Waals surface area contributed by atoms with Crippen LogP contribution in [0, 0.1) is 6.92 Å². The van der Waals surface area contributed by atoms with Gasteiger partial charge in [-0.05, 0) is 12.5 Å². The van der Waals surface area contributed by atoms with Gasteiger partial charge in [-0.2, -0.15) is 9.97 Å². The zero-order chi connectivity index (χ0) is 16.1. The third kappa shape index (κ3) is 4.10. The lowest BCUT2D eigenvalue weighted by molar-refractivity contribution is 0.122. The van der Waals surface area contributed by atoms with Crippen molar-refractivity contribution in [3.05, 3.63) is 41.5 Å². The molecular weight excluding hydrogens is 292 g/mol. The number of morpholine rings is 1. The van der Waals surface area contributed by atoms with Crippen molar-refractivity contribution in [3.63, 3.8) is 0 Å². The van der Waals surface area contributed by atoms with E-state index in [9.17, 15) is 0 Å². The monoisotopic (exact) mass is 314 g/mol. The second-order valence-electron chi connectivity index (χ2n) is 5.53. The molecule has 0 bridgehead atoms. The molecule has 23 heavy (non-hydrogen) atoms. The van der Waals surface area contributed by atoms with Crippen LogP contribution in [0.4, 0.5) is 11.8 Å². The number of methoxy groups -OCH3 is 1. The maximum atomic E-state index is 5.39. The van der Waals surface area contributed by atoms with Crippen LogP contribution >= 0.6 is 0 Å². The molecule has 1 aliphatic heterocycles. The lowest BCUT2D eigenvalue weighted by Crippen LogP contribution is -2.36. The predicted molar refractivity (Wildman–Crippen MR) is 90.1 cm³/mol. The van der Waals surface area contributed by atoms with Crippen molar-refractivity contribution in [1.29, 1.82) is 0 Å². The molecule has 0 atom stereocenters. The fourth-order valence-corrected chi connectivity index (χ4v) is 2.44. The van der Waals surface area contributed by atoms with Gasteiger partial charge in [0.25, 0.3) is 0 Å². The first-order valence-corrected chi connectivity index (χ1v) is 7.80. The van der Waals surface area contributed by atoms with Crippen LogP contribution in [0.2, 0.25) is 0 Å². The van der Waals surface area contributed by atoms with Crippen LogP contribution in [0.1, 0.15) is 11.1 Å². The van der Waals surface area contributed by atoms with E-state index in [1.807, 2.05) is 6.07 Å². The maximum Gasteiger partial charge on any atom is 0.228 e. The number of rotatable bonds is 5. The summed E-state index contributed by atoms with van der Waals surface area (Å²) in [5.74, 6) is 2.01. The van der Waals surface area contributed by atoms with Crippen molar-refractivity contribution in [3.8, 4) is 5.88 Å². The minimum Gasteiger partial charge on any atom is -0.481 e. The highest BCUT2D eigenvalue weighted by Gasteiger charge is 2.15. The van der Waals surface area contributed by atoms with Crippen molar-refractivity contribution in [2.75, 3.05) is 43.6 Å². The largest absolute Gasteiger partial charge is 0.481 e. The van der Waals surface area contributed by atoms with E-state index >= 15 is 0 Å². The molecule has 0 spiro atoms. The summed E-state index contributed by atoms with van der Waals surface area (Å²) in [6.45, 7) is 5.86. The van der Waals surface area contributed by atoms with Gasteiger partial charge < -0.3 is 19.7 Å². The maximum absolute atomic E-state index is 5.39. The molecule has 1 fully saturated rings. The lowest BCUT2D eigenvalue weighted by atomic mass is 10.1. The first kappa shape index (κ1) is 15.6. The Balaban J connectivity index is 1.73. The van der Waals surface area contributed by atoms with Crippen molar-refractivity contribution < 1.29 is 9.47 Å². The van der Waals surface area contributed by atoms with Crippen LogP contribution in [-0.2, 0) is 11.3 Å². The van der Waals surface area contributed by atoms with Crippen LogP contribution in [0.25, 0.3) is 0 Å². The minimum absolute atomic E-state index is 0.563. The highest BCUT2D eigenvalue weighted by molar-refractivity contribution is 5.47. The molecule has 0 aliphatic carbocycles. The second-order valence-corrected chi connectivity index (χ2v) is 5.53. The highest BCUT2D eigenvalue weighted by Crippen LogP contribution is 2.21. The van der Waals surface area contributed by atoms with Crippen molar-refractivity contribution in [1.82, 2.24) is 9.97 Å². The molecule has 0 saturated carbocycles. The molecule has 1 aromatic heterocycles. The van der Waals surface area contributed by atoms with Crippen LogP contribution in [0.5, 0.6) is 5.88 Å². The van der Waals surface area contributed by atoms with E-state index in [0.717, 1.165) is 32.1 Å². The average Bonchev–Trinajstić information content (AvgIpc) is 2.61. The van der Waals surface area contributed by atoms with Crippen molar-refractivity contribution in [2.24, 2.45) is 0 Å². The van der Waals surface area contributed by atoms with Gasteiger partial charge in [-0.25, -0.2) is 0 Å². The molecule has 2 heterocycles. The number of nitrogens with one attached hydrogen (secondary N) is 1. The molecule has 122 valence electrons. The second kappa shape index (κ2) is 7.28. The summed E-state index contributed by atoms with van der Waals surface area (Å²) in [5.41, 5.74) is 2.44. The summed E-state index contributed by atoms with van der Waals surface area (Å²) < 4.78 is 10.7. The third-order valence-corrected chi connectivity index (χ3v) is 3.80. The number of hydrogen-bond donors (Lipinski definition) is 1. The fraction of sp³-hybridized carbons (Fsp3) is 0.412. The Hall–Kier alpha value is -2.34. The van der Waals surface area contributed by atoms with E-state index in [4.69, 9.17) is 9.47 Å². The van der Waals surface area contributed by atoms with Gasteiger partial charge in [0.1, 0.15) is 5.82 Å². The number of aromatic nitrogens is 2. The van der Waals surface area contributed by atoms with E-state index in [0.29, 0.717) is 18.4 Å². The molecule has 1 aliphatic rings. The van der Waals surface area contributed by atoms with E-state index in [2.05, 4.69) is 51.4 Å². The van der Waals surface area contributed by atoms with Gasteiger partial charge in [0.05, 0.1) is 20.3 Å². The van der Waals surface area contributed by atoms with E-state index in [-0.39, 0.29) is 0 Å². The molecule has 1 aromatic carbocycles. The summed E-state index contributed by atoms with van der Waals surface area (Å²) in [5, 5.41) is 3.27. The molecule has 0 unspecified atom stereocenters. The minimum atomic E-state index is 0.563. The molecule has 1 saturated heterocycles. The van der Waals surface area contributed by atoms with Crippen molar-refractivity contribution >= 4 is 11.8 Å². The Kier molecular flexibility index (Phi) is 4.92. The molecule has 0 radical (unpaired) electrons. The number of hydrogen-bond acceptors (Lipinski definition) is 6. The molecule has 0 amide bonds. The Morgan fingerprint density at radius 3 is 2.61 bits per heavy atom. The zero-order valence-electron chi connectivity index (χ0n) is 13.6. The Morgan fingerprint density at radius 1 is 1.17 bits per heavy atom. The van der Waals surface area contributed by atoms with Gasteiger partial charge in [0, 0.05) is 25.7 Å². The SMILES string of the molecule is COc1cc(N2CCOCC2)nc(NCc2ccc(C)cc2)n1. The van der Waals surface area contributed by atoms with Gasteiger partial charge in [0.2, 0.25) is 11.8 Å². The number of ether oxygens (including phenoxy) is 2. The number of benzene rings is 1. The van der Waals surface area contributed by atoms with E-state index < -0.39 is 0 Å². The summed E-state index contributed by atoms with van der Waals surface area (Å²) in [7, 11) is 1.62. The molecule has 3 rings (SSSR count). The number of anilines is 2. The van der Waals surface area contributed by atoms with Crippen LogP contribution < -0.4 is 15.0 Å². The first-order valence-electron chi connectivity index (χ1n) is 7.80. The topological polar surface area (TPSA) is 59.5 Å². The summed E-state index contributed by atoms with van der Waals surface area (Å²) in [4.78, 5) is 11.2. The van der Waals surface area contributed by atoms with Gasteiger partial charge >= 0.3 is 0 Å². The normalized spacial score (nSPS) is 14.6. The van der Waals surface area contributed by atoms with Crippen LogP contribution in [-0.4, -0.2) is 43.4 Å². The van der Waals surface area contributed by atoms with E-state index in [1.54, 1.807) is 7.11 Å². The third-order valence-electron chi connectivity index (χ3n) is 3.80. The summed E-state index contributed by atoms with van der Waals surface area (Å²) in [6, 6.07) is 10.3. The van der Waals surface area contributed by atoms with Gasteiger partial charge in [-0.1, -0.05) is 29.8 Å². The van der Waals surface area contributed by atoms with Crippen LogP contribution in [0.15, 0.2) is 30.3 Å². The quantitative estimate of drug-likeness (QED) is 0.913. The first-order chi connectivity index (χ1) is 11.2. The molecule has 6 nitrogen and oxygen atoms in total. The average molecular weight is 314 g/mol. The molecular formula is C17H22N4O2. The molecule has 2 aromatic rings. The smallest absolute Gasteiger partial charge is 0.228 e. The van der Waals surface area contributed by atoms with Gasteiger partial charge in [-0.15, -0.1) is 0 Å². The fourth-order valence-electron chi connectivity index (χ4n) is 2.44. The predicted octanol–water partition coefficient (Wildman–Crippen LogP) is 2.24.